The Morgan fingerprint density at radius 3 is 2.39 bits per heavy atom. The highest BCUT2D eigenvalue weighted by atomic mass is 79.9. The number of rotatable bonds is 11. The van der Waals surface area contributed by atoms with Crippen LogP contribution in [0.3, 0.4) is 0 Å². The lowest BCUT2D eigenvalue weighted by molar-refractivity contribution is -0.148. The Bertz CT molecular complexity index is 901. The maximum absolute atomic E-state index is 12.0. The van der Waals surface area contributed by atoms with Gasteiger partial charge in [0, 0.05) is 16.6 Å². The molecule has 0 aliphatic carbocycles. The molecule has 0 aromatic heterocycles. The van der Waals surface area contributed by atoms with Crippen molar-refractivity contribution in [2.45, 2.75) is 19.8 Å². The van der Waals surface area contributed by atoms with E-state index >= 15 is 0 Å². The highest BCUT2D eigenvalue weighted by Crippen LogP contribution is 2.20. The fraction of sp³-hybridized carbons (Fsp3) is 0.318. The molecule has 2 aromatic rings. The second-order valence-corrected chi connectivity index (χ2v) is 7.49. The highest BCUT2D eigenvalue weighted by Gasteiger charge is 2.10. The molecule has 0 unspecified atom stereocenters. The van der Waals surface area contributed by atoms with Crippen LogP contribution < -0.4 is 20.1 Å². The first kappa shape index (κ1) is 24.2. The summed E-state index contributed by atoms with van der Waals surface area (Å²) in [7, 11) is 1.58. The van der Waals surface area contributed by atoms with Gasteiger partial charge < -0.3 is 24.8 Å². The van der Waals surface area contributed by atoms with E-state index in [1.807, 2.05) is 19.1 Å². The van der Waals surface area contributed by atoms with Crippen LogP contribution in [0.25, 0.3) is 0 Å². The lowest BCUT2D eigenvalue weighted by Crippen LogP contribution is -2.35. The van der Waals surface area contributed by atoms with Gasteiger partial charge in [-0.25, -0.2) is 0 Å². The third kappa shape index (κ3) is 9.08. The van der Waals surface area contributed by atoms with E-state index in [9.17, 15) is 14.4 Å². The summed E-state index contributed by atoms with van der Waals surface area (Å²) in [5.74, 6) is -0.0324. The fourth-order valence-electron chi connectivity index (χ4n) is 2.49. The van der Waals surface area contributed by atoms with E-state index in [0.29, 0.717) is 24.5 Å². The van der Waals surface area contributed by atoms with Gasteiger partial charge >= 0.3 is 5.97 Å². The van der Waals surface area contributed by atoms with Crippen LogP contribution in [-0.4, -0.2) is 44.7 Å². The normalized spacial score (nSPS) is 10.2. The number of halogens is 1. The Hall–Kier alpha value is -3.07. The lowest BCUT2D eigenvalue weighted by Gasteiger charge is -2.10. The smallest absolute Gasteiger partial charge is 0.306 e. The number of amides is 2. The molecule has 0 saturated heterocycles. The number of hydrogen-bond donors (Lipinski definition) is 2. The van der Waals surface area contributed by atoms with Crippen molar-refractivity contribution in [3.05, 3.63) is 52.5 Å². The van der Waals surface area contributed by atoms with Gasteiger partial charge in [0.15, 0.2) is 6.61 Å². The Labute approximate surface area is 189 Å². The van der Waals surface area contributed by atoms with Gasteiger partial charge in [0.1, 0.15) is 11.5 Å². The number of nitrogens with one attached hydrogen (secondary N) is 2. The lowest BCUT2D eigenvalue weighted by atomic mass is 10.2. The third-order valence-electron chi connectivity index (χ3n) is 4.13. The first-order valence-electron chi connectivity index (χ1n) is 9.62. The molecule has 0 saturated carbocycles. The van der Waals surface area contributed by atoms with E-state index in [-0.39, 0.29) is 18.9 Å². The molecule has 0 bridgehead atoms. The minimum atomic E-state index is -0.550. The van der Waals surface area contributed by atoms with Crippen LogP contribution in [-0.2, 0) is 19.1 Å². The van der Waals surface area contributed by atoms with Crippen molar-refractivity contribution in [1.82, 2.24) is 5.32 Å². The molecule has 0 radical (unpaired) electrons. The zero-order chi connectivity index (χ0) is 22.6. The second kappa shape index (κ2) is 12.6. The van der Waals surface area contributed by atoms with E-state index in [1.165, 1.54) is 0 Å². The van der Waals surface area contributed by atoms with E-state index in [1.54, 1.807) is 37.4 Å². The minimum absolute atomic E-state index is 0.118. The number of benzene rings is 2. The van der Waals surface area contributed by atoms with Gasteiger partial charge in [-0.2, -0.15) is 0 Å². The average molecular weight is 493 g/mol. The molecule has 8 nitrogen and oxygen atoms in total. The van der Waals surface area contributed by atoms with Crippen LogP contribution in [0.2, 0.25) is 0 Å². The number of ether oxygens (including phenoxy) is 3. The van der Waals surface area contributed by atoms with Crippen molar-refractivity contribution in [3.63, 3.8) is 0 Å². The second-order valence-electron chi connectivity index (χ2n) is 6.57. The predicted octanol–water partition coefficient (Wildman–Crippen LogP) is 3.22. The van der Waals surface area contributed by atoms with Crippen LogP contribution in [0, 0.1) is 6.92 Å². The largest absolute Gasteiger partial charge is 0.497 e. The highest BCUT2D eigenvalue weighted by molar-refractivity contribution is 9.10. The minimum Gasteiger partial charge on any atom is -0.497 e. The molecule has 0 spiro atoms. The van der Waals surface area contributed by atoms with Crippen molar-refractivity contribution in [3.8, 4) is 11.5 Å². The molecular formula is C22H25BrN2O6. The standard InChI is InChI=1S/C22H25BrN2O6/c1-15-12-16(23)5-10-19(15)25-20(26)13-24-21(27)14-31-22(28)4-3-11-30-18-8-6-17(29-2)7-9-18/h5-10,12H,3-4,11,13-14H2,1-2H3,(H,24,27)(H,25,26). The molecule has 2 amide bonds. The van der Waals surface area contributed by atoms with Gasteiger partial charge in [0.25, 0.3) is 5.91 Å². The van der Waals surface area contributed by atoms with Crippen LogP contribution in [0.4, 0.5) is 5.69 Å². The van der Waals surface area contributed by atoms with Gasteiger partial charge in [0.05, 0.1) is 20.3 Å². The summed E-state index contributed by atoms with van der Waals surface area (Å²) in [5, 5.41) is 5.12. The first-order chi connectivity index (χ1) is 14.9. The maximum Gasteiger partial charge on any atom is 0.306 e. The summed E-state index contributed by atoms with van der Waals surface area (Å²) in [6, 6.07) is 12.5. The Morgan fingerprint density at radius 2 is 1.71 bits per heavy atom. The van der Waals surface area contributed by atoms with E-state index in [0.717, 1.165) is 15.8 Å². The molecule has 9 heteroatoms. The summed E-state index contributed by atoms with van der Waals surface area (Å²) in [6.45, 7) is 1.54. The molecule has 31 heavy (non-hydrogen) atoms. The molecule has 0 aliphatic rings. The Balaban J connectivity index is 1.57. The number of carbonyl (C=O) groups is 3. The zero-order valence-corrected chi connectivity index (χ0v) is 19.0. The molecular weight excluding hydrogens is 468 g/mol. The molecule has 2 aromatic carbocycles. The van der Waals surface area contributed by atoms with Crippen LogP contribution in [0.15, 0.2) is 46.9 Å². The van der Waals surface area contributed by atoms with Crippen LogP contribution in [0.1, 0.15) is 18.4 Å². The Kier molecular flexibility index (Phi) is 9.83. The molecule has 2 N–H and O–H groups in total. The monoisotopic (exact) mass is 492 g/mol. The quantitative estimate of drug-likeness (QED) is 0.368. The van der Waals surface area contributed by atoms with Gasteiger partial charge in [-0.3, -0.25) is 14.4 Å². The molecule has 0 fully saturated rings. The summed E-state index contributed by atoms with van der Waals surface area (Å²) in [6.07, 6.45) is 0.564. The first-order valence-corrected chi connectivity index (χ1v) is 10.4. The van der Waals surface area contributed by atoms with Crippen molar-refractivity contribution in [2.75, 3.05) is 32.2 Å². The third-order valence-corrected chi connectivity index (χ3v) is 4.62. The summed E-state index contributed by atoms with van der Waals surface area (Å²) in [5.41, 5.74) is 1.55. The molecule has 0 heterocycles. The number of aryl methyl sites for hydroxylation is 1. The fourth-order valence-corrected chi connectivity index (χ4v) is 2.96. The topological polar surface area (TPSA) is 103 Å². The van der Waals surface area contributed by atoms with Gasteiger partial charge in [-0.15, -0.1) is 0 Å². The van der Waals surface area contributed by atoms with Gasteiger partial charge in [0.2, 0.25) is 5.91 Å². The van der Waals surface area contributed by atoms with Crippen LogP contribution >= 0.6 is 15.9 Å². The number of carbonyl (C=O) groups excluding carboxylic acids is 3. The number of esters is 1. The van der Waals surface area contributed by atoms with Crippen molar-refractivity contribution < 1.29 is 28.6 Å². The van der Waals surface area contributed by atoms with Crippen molar-refractivity contribution in [2.24, 2.45) is 0 Å². The van der Waals surface area contributed by atoms with Crippen molar-refractivity contribution >= 4 is 39.4 Å². The summed E-state index contributed by atoms with van der Waals surface area (Å²) in [4.78, 5) is 35.5. The van der Waals surface area contributed by atoms with E-state index in [4.69, 9.17) is 14.2 Å². The number of anilines is 1. The Morgan fingerprint density at radius 1 is 1.00 bits per heavy atom. The average Bonchev–Trinajstić information content (AvgIpc) is 2.76. The number of methoxy groups -OCH3 is 1. The van der Waals surface area contributed by atoms with Gasteiger partial charge in [-0.1, -0.05) is 15.9 Å². The van der Waals surface area contributed by atoms with Gasteiger partial charge in [-0.05, 0) is 61.4 Å². The molecule has 166 valence electrons. The predicted molar refractivity (Wildman–Crippen MR) is 119 cm³/mol. The SMILES string of the molecule is COc1ccc(OCCCC(=O)OCC(=O)NCC(=O)Nc2ccc(Br)cc2C)cc1. The molecule has 2 rings (SSSR count). The molecule has 0 aliphatic heterocycles. The van der Waals surface area contributed by atoms with Crippen molar-refractivity contribution in [1.29, 1.82) is 0 Å². The summed E-state index contributed by atoms with van der Waals surface area (Å²) < 4.78 is 16.4. The zero-order valence-electron chi connectivity index (χ0n) is 17.4. The van der Waals surface area contributed by atoms with E-state index < -0.39 is 18.5 Å². The maximum atomic E-state index is 12.0. The molecule has 0 atom stereocenters. The van der Waals surface area contributed by atoms with Crippen LogP contribution in [0.5, 0.6) is 11.5 Å². The van der Waals surface area contributed by atoms with E-state index in [2.05, 4.69) is 26.6 Å². The number of hydrogen-bond acceptors (Lipinski definition) is 6. The summed E-state index contributed by atoms with van der Waals surface area (Å²) >= 11 is 3.35.